The quantitative estimate of drug-likeness (QED) is 0.146. The number of benzene rings is 3. The Labute approximate surface area is 298 Å². The standard InChI is InChI=1S/C37H40F6N6O3/c1-7-48(8-2)16-15-47(6)33(50)27-9-11-30(12-10-27)45-34-44-14-13-31(46-34)49(35(51)52-32-24(4)17-23(3)18-25(32)5)22-26-19-28(36(38,39)40)21-29(20-26)37(41,42)43/h9-14,17-21H,7-8,15-16,22H2,1-6H3,(H,44,45,46). The van der Waals surface area contributed by atoms with Crippen molar-refractivity contribution in [1.82, 2.24) is 19.8 Å². The Bertz CT molecular complexity index is 1820. The van der Waals surface area contributed by atoms with Crippen LogP contribution in [-0.4, -0.2) is 65.0 Å². The van der Waals surface area contributed by atoms with Crippen LogP contribution in [0.2, 0.25) is 0 Å². The average Bonchev–Trinajstić information content (AvgIpc) is 3.08. The van der Waals surface area contributed by atoms with Gasteiger partial charge in [0.25, 0.3) is 5.91 Å². The number of halogens is 6. The molecule has 0 aliphatic carbocycles. The van der Waals surface area contributed by atoms with Gasteiger partial charge in [-0.05, 0) is 99.1 Å². The van der Waals surface area contributed by atoms with E-state index in [9.17, 15) is 35.9 Å². The molecule has 4 aromatic rings. The number of aryl methyl sites for hydroxylation is 3. The molecule has 15 heteroatoms. The molecule has 1 aromatic heterocycles. The summed E-state index contributed by atoms with van der Waals surface area (Å²) in [6.45, 7) is 11.6. The minimum absolute atomic E-state index is 0.0150. The maximum Gasteiger partial charge on any atom is 0.421 e. The highest BCUT2D eigenvalue weighted by atomic mass is 19.4. The summed E-state index contributed by atoms with van der Waals surface area (Å²) in [7, 11) is 1.72. The normalized spacial score (nSPS) is 11.8. The van der Waals surface area contributed by atoms with Gasteiger partial charge in [-0.1, -0.05) is 31.5 Å². The van der Waals surface area contributed by atoms with Gasteiger partial charge in [-0.25, -0.2) is 9.78 Å². The Balaban J connectivity index is 1.65. The SMILES string of the molecule is CCN(CC)CCN(C)C(=O)c1ccc(Nc2nccc(N(Cc3cc(C(F)(F)F)cc(C(F)(F)F)c3)C(=O)Oc3c(C)cc(C)cc3C)n2)cc1. The van der Waals surface area contributed by atoms with Gasteiger partial charge in [0.05, 0.1) is 17.7 Å². The second kappa shape index (κ2) is 16.4. The molecule has 0 aliphatic rings. The number of amides is 2. The molecule has 3 aromatic carbocycles. The number of ether oxygens (including phenoxy) is 1. The van der Waals surface area contributed by atoms with Crippen LogP contribution in [0.4, 0.5) is 48.6 Å². The van der Waals surface area contributed by atoms with Gasteiger partial charge >= 0.3 is 18.4 Å². The maximum atomic E-state index is 13.8. The number of hydrogen-bond donors (Lipinski definition) is 1. The largest absolute Gasteiger partial charge is 0.421 e. The molecule has 9 nitrogen and oxygen atoms in total. The monoisotopic (exact) mass is 730 g/mol. The zero-order valence-electron chi connectivity index (χ0n) is 29.6. The van der Waals surface area contributed by atoms with Crippen molar-refractivity contribution in [2.75, 3.05) is 43.4 Å². The van der Waals surface area contributed by atoms with Crippen molar-refractivity contribution in [3.8, 4) is 5.75 Å². The van der Waals surface area contributed by atoms with Crippen molar-refractivity contribution in [1.29, 1.82) is 0 Å². The first-order valence-corrected chi connectivity index (χ1v) is 16.4. The Kier molecular flexibility index (Phi) is 12.5. The fourth-order valence-electron chi connectivity index (χ4n) is 5.54. The minimum Gasteiger partial charge on any atom is -0.409 e. The Hall–Kier alpha value is -5.18. The highest BCUT2D eigenvalue weighted by Gasteiger charge is 2.37. The summed E-state index contributed by atoms with van der Waals surface area (Å²) >= 11 is 0. The number of likely N-dealkylation sites (N-methyl/N-ethyl adjacent to an activating group) is 2. The van der Waals surface area contributed by atoms with Gasteiger partial charge in [-0.15, -0.1) is 0 Å². The zero-order chi connectivity index (χ0) is 38.4. The lowest BCUT2D eigenvalue weighted by atomic mass is 10.0. The van der Waals surface area contributed by atoms with Crippen molar-refractivity contribution < 1.29 is 40.7 Å². The first-order valence-electron chi connectivity index (χ1n) is 16.4. The van der Waals surface area contributed by atoms with Crippen molar-refractivity contribution >= 4 is 29.5 Å². The van der Waals surface area contributed by atoms with Gasteiger partial charge in [0.1, 0.15) is 11.6 Å². The van der Waals surface area contributed by atoms with Crippen molar-refractivity contribution in [2.24, 2.45) is 0 Å². The van der Waals surface area contributed by atoms with Crippen LogP contribution in [0.5, 0.6) is 5.75 Å². The van der Waals surface area contributed by atoms with Crippen LogP contribution in [0.15, 0.2) is 66.9 Å². The molecule has 0 unspecified atom stereocenters. The highest BCUT2D eigenvalue weighted by Crippen LogP contribution is 2.37. The molecule has 1 N–H and O–H groups in total. The van der Waals surface area contributed by atoms with Crippen LogP contribution in [0.1, 0.15) is 57.6 Å². The number of nitrogens with one attached hydrogen (secondary N) is 1. The van der Waals surface area contributed by atoms with Crippen molar-refractivity contribution in [2.45, 2.75) is 53.5 Å². The van der Waals surface area contributed by atoms with Gasteiger partial charge in [-0.2, -0.15) is 31.3 Å². The number of hydrogen-bond acceptors (Lipinski definition) is 7. The lowest BCUT2D eigenvalue weighted by Gasteiger charge is -2.24. The molecular weight excluding hydrogens is 690 g/mol. The van der Waals surface area contributed by atoms with Crippen LogP contribution in [0, 0.1) is 20.8 Å². The fourth-order valence-corrected chi connectivity index (χ4v) is 5.54. The van der Waals surface area contributed by atoms with Gasteiger partial charge in [0.15, 0.2) is 0 Å². The van der Waals surface area contributed by atoms with Crippen LogP contribution in [0.3, 0.4) is 0 Å². The molecule has 0 atom stereocenters. The number of nitrogens with zero attached hydrogens (tertiary/aromatic N) is 5. The van der Waals surface area contributed by atoms with E-state index in [1.165, 1.54) is 12.3 Å². The van der Waals surface area contributed by atoms with Crippen molar-refractivity contribution in [3.05, 3.63) is 106 Å². The van der Waals surface area contributed by atoms with Crippen LogP contribution >= 0.6 is 0 Å². The molecule has 0 fully saturated rings. The highest BCUT2D eigenvalue weighted by molar-refractivity contribution is 5.94. The van der Waals surface area contributed by atoms with E-state index in [0.717, 1.165) is 30.1 Å². The molecule has 0 spiro atoms. The lowest BCUT2D eigenvalue weighted by molar-refractivity contribution is -0.143. The van der Waals surface area contributed by atoms with E-state index >= 15 is 0 Å². The predicted octanol–water partition coefficient (Wildman–Crippen LogP) is 8.80. The van der Waals surface area contributed by atoms with Crippen LogP contribution in [-0.2, 0) is 18.9 Å². The summed E-state index contributed by atoms with van der Waals surface area (Å²) in [4.78, 5) is 39.9. The summed E-state index contributed by atoms with van der Waals surface area (Å²) in [6.07, 6.45) is -10.0. The van der Waals surface area contributed by atoms with E-state index in [0.29, 0.717) is 41.1 Å². The van der Waals surface area contributed by atoms with E-state index in [-0.39, 0.29) is 29.5 Å². The number of carbonyl (C=O) groups is 2. The number of alkyl halides is 6. The number of aromatic nitrogens is 2. The fraction of sp³-hybridized carbons (Fsp3) is 0.351. The average molecular weight is 731 g/mol. The molecule has 0 saturated heterocycles. The Morgan fingerprint density at radius 3 is 1.92 bits per heavy atom. The summed E-state index contributed by atoms with van der Waals surface area (Å²) in [5.74, 6) is -0.208. The van der Waals surface area contributed by atoms with Crippen molar-refractivity contribution in [3.63, 3.8) is 0 Å². The molecule has 0 saturated carbocycles. The van der Waals surface area contributed by atoms with Crippen LogP contribution < -0.4 is 15.0 Å². The van der Waals surface area contributed by atoms with E-state index in [4.69, 9.17) is 4.74 Å². The first kappa shape index (κ1) is 39.6. The third kappa shape index (κ3) is 10.2. The second-order valence-electron chi connectivity index (χ2n) is 12.3. The second-order valence-corrected chi connectivity index (χ2v) is 12.3. The van der Waals surface area contributed by atoms with E-state index < -0.39 is 41.7 Å². The number of anilines is 3. The third-order valence-electron chi connectivity index (χ3n) is 8.30. The minimum atomic E-state index is -5.09. The molecular formula is C37H40F6N6O3. The van der Waals surface area contributed by atoms with E-state index in [1.54, 1.807) is 62.2 Å². The topological polar surface area (TPSA) is 90.9 Å². The van der Waals surface area contributed by atoms with Crippen LogP contribution in [0.25, 0.3) is 0 Å². The predicted molar refractivity (Wildman–Crippen MR) is 186 cm³/mol. The zero-order valence-corrected chi connectivity index (χ0v) is 29.6. The summed E-state index contributed by atoms with van der Waals surface area (Å²) < 4.78 is 87.9. The number of carbonyl (C=O) groups excluding carboxylic acids is 2. The molecule has 2 amide bonds. The van der Waals surface area contributed by atoms with Gasteiger partial charge in [-0.3, -0.25) is 9.69 Å². The molecule has 0 aliphatic heterocycles. The molecule has 1 heterocycles. The lowest BCUT2D eigenvalue weighted by Crippen LogP contribution is -2.36. The summed E-state index contributed by atoms with van der Waals surface area (Å²) in [6, 6.07) is 12.4. The summed E-state index contributed by atoms with van der Waals surface area (Å²) in [5, 5.41) is 2.95. The Morgan fingerprint density at radius 1 is 0.808 bits per heavy atom. The molecule has 52 heavy (non-hydrogen) atoms. The van der Waals surface area contributed by atoms with Gasteiger partial charge < -0.3 is 19.9 Å². The molecule has 278 valence electrons. The number of rotatable bonds is 12. The third-order valence-corrected chi connectivity index (χ3v) is 8.30. The molecule has 4 rings (SSSR count). The maximum absolute atomic E-state index is 13.8. The van der Waals surface area contributed by atoms with Gasteiger partial charge in [0.2, 0.25) is 5.95 Å². The first-order chi connectivity index (χ1) is 24.4. The van der Waals surface area contributed by atoms with E-state index in [1.807, 2.05) is 6.92 Å². The van der Waals surface area contributed by atoms with E-state index in [2.05, 4.69) is 34.0 Å². The molecule has 0 radical (unpaired) electrons. The summed E-state index contributed by atoms with van der Waals surface area (Å²) in [5.41, 5.74) is -0.550. The Morgan fingerprint density at radius 2 is 1.38 bits per heavy atom. The smallest absolute Gasteiger partial charge is 0.409 e. The molecule has 0 bridgehead atoms. The van der Waals surface area contributed by atoms with Gasteiger partial charge in [0, 0.05) is 37.6 Å².